The molecule has 0 unspecified atom stereocenters. The highest BCUT2D eigenvalue weighted by atomic mass is 16.5. The minimum Gasteiger partial charge on any atom is -0.497 e. The molecule has 2 heterocycles. The van der Waals surface area contributed by atoms with Gasteiger partial charge < -0.3 is 14.1 Å². The highest BCUT2D eigenvalue weighted by molar-refractivity contribution is 5.97. The van der Waals surface area contributed by atoms with E-state index in [9.17, 15) is 4.79 Å². The number of carbonyl (C=O) groups excluding carboxylic acids is 1. The first-order chi connectivity index (χ1) is 13.2. The topological polar surface area (TPSA) is 55.6 Å². The molecule has 0 N–H and O–H groups in total. The third kappa shape index (κ3) is 3.97. The molecule has 27 heavy (non-hydrogen) atoms. The summed E-state index contributed by atoms with van der Waals surface area (Å²) in [7, 11) is 1.65. The lowest BCUT2D eigenvalue weighted by atomic mass is 10.1. The van der Waals surface area contributed by atoms with Gasteiger partial charge in [-0.3, -0.25) is 4.79 Å². The molecule has 1 aliphatic heterocycles. The molecule has 3 aromatic rings. The van der Waals surface area contributed by atoms with Gasteiger partial charge in [0.05, 0.1) is 7.11 Å². The molecule has 140 valence electrons. The highest BCUT2D eigenvalue weighted by Gasteiger charge is 2.18. The monoisotopic (exact) mass is 364 g/mol. The van der Waals surface area contributed by atoms with Crippen LogP contribution >= 0.6 is 0 Å². The Morgan fingerprint density at radius 1 is 1.07 bits per heavy atom. The molecular weight excluding hydrogens is 340 g/mol. The standard InChI is InChI=1S/C22H24N2O3/c1-26-18-9-6-16(7-10-18)14-21-23-19-11-8-17(15-20(19)27-21)22(25)24-12-4-2-3-5-13-24/h6-11,15H,2-5,12-14H2,1H3. The number of likely N-dealkylation sites (tertiary alicyclic amines) is 1. The van der Waals surface area contributed by atoms with Crippen LogP contribution in [-0.4, -0.2) is 36.0 Å². The molecule has 4 rings (SSSR count). The van der Waals surface area contributed by atoms with E-state index >= 15 is 0 Å². The molecule has 0 saturated carbocycles. The Balaban J connectivity index is 1.53. The zero-order valence-electron chi connectivity index (χ0n) is 15.6. The highest BCUT2D eigenvalue weighted by Crippen LogP contribution is 2.22. The van der Waals surface area contributed by atoms with E-state index < -0.39 is 0 Å². The third-order valence-electron chi connectivity index (χ3n) is 5.09. The van der Waals surface area contributed by atoms with Gasteiger partial charge in [0.25, 0.3) is 5.91 Å². The second-order valence-corrected chi connectivity index (χ2v) is 7.02. The van der Waals surface area contributed by atoms with Crippen LogP contribution in [0.1, 0.15) is 47.5 Å². The van der Waals surface area contributed by atoms with Crippen molar-refractivity contribution < 1.29 is 13.9 Å². The van der Waals surface area contributed by atoms with Crippen LogP contribution in [0.3, 0.4) is 0 Å². The number of rotatable bonds is 4. The Hall–Kier alpha value is -2.82. The Bertz CT molecular complexity index is 922. The molecule has 2 aromatic carbocycles. The number of fused-ring (bicyclic) bond motifs is 1. The average Bonchev–Trinajstić information content (AvgIpc) is 2.90. The number of hydrogen-bond acceptors (Lipinski definition) is 4. The van der Waals surface area contributed by atoms with Crippen molar-refractivity contribution in [3.8, 4) is 5.75 Å². The smallest absolute Gasteiger partial charge is 0.253 e. The van der Waals surface area contributed by atoms with Gasteiger partial charge in [0.15, 0.2) is 11.5 Å². The van der Waals surface area contributed by atoms with Crippen molar-refractivity contribution in [2.75, 3.05) is 20.2 Å². The predicted molar refractivity (Wildman–Crippen MR) is 104 cm³/mol. The van der Waals surface area contributed by atoms with Crippen LogP contribution in [0, 0.1) is 0 Å². The maximum atomic E-state index is 12.8. The predicted octanol–water partition coefficient (Wildman–Crippen LogP) is 4.44. The summed E-state index contributed by atoms with van der Waals surface area (Å²) in [6, 6.07) is 13.4. The second kappa shape index (κ2) is 7.82. The first-order valence-electron chi connectivity index (χ1n) is 9.54. The molecule has 0 aliphatic carbocycles. The minimum atomic E-state index is 0.0897. The van der Waals surface area contributed by atoms with E-state index in [0.29, 0.717) is 23.5 Å². The van der Waals surface area contributed by atoms with Gasteiger partial charge in [-0.1, -0.05) is 25.0 Å². The lowest BCUT2D eigenvalue weighted by Gasteiger charge is -2.20. The van der Waals surface area contributed by atoms with E-state index in [-0.39, 0.29) is 5.91 Å². The first kappa shape index (κ1) is 17.6. The molecule has 5 heteroatoms. The third-order valence-corrected chi connectivity index (χ3v) is 5.09. The summed E-state index contributed by atoms with van der Waals surface area (Å²) in [4.78, 5) is 19.3. The lowest BCUT2D eigenvalue weighted by Crippen LogP contribution is -2.31. The number of aromatic nitrogens is 1. The fourth-order valence-electron chi connectivity index (χ4n) is 3.56. The van der Waals surface area contributed by atoms with Crippen molar-refractivity contribution in [2.24, 2.45) is 0 Å². The lowest BCUT2D eigenvalue weighted by molar-refractivity contribution is 0.0761. The van der Waals surface area contributed by atoms with Crippen LogP contribution < -0.4 is 4.74 Å². The Morgan fingerprint density at radius 2 is 1.81 bits per heavy atom. The molecule has 0 atom stereocenters. The zero-order chi connectivity index (χ0) is 18.6. The molecule has 5 nitrogen and oxygen atoms in total. The minimum absolute atomic E-state index is 0.0897. The fraction of sp³-hybridized carbons (Fsp3) is 0.364. The normalized spacial score (nSPS) is 14.9. The van der Waals surface area contributed by atoms with E-state index in [2.05, 4.69) is 4.98 Å². The fourth-order valence-corrected chi connectivity index (χ4v) is 3.56. The quantitative estimate of drug-likeness (QED) is 0.687. The second-order valence-electron chi connectivity index (χ2n) is 7.02. The van der Waals surface area contributed by atoms with E-state index in [1.54, 1.807) is 7.11 Å². The largest absolute Gasteiger partial charge is 0.497 e. The molecule has 1 aromatic heterocycles. The summed E-state index contributed by atoms with van der Waals surface area (Å²) in [5.41, 5.74) is 3.23. The molecule has 1 aliphatic rings. The van der Waals surface area contributed by atoms with Crippen LogP contribution in [0.25, 0.3) is 11.1 Å². The molecule has 1 amide bonds. The average molecular weight is 364 g/mol. The van der Waals surface area contributed by atoms with Gasteiger partial charge >= 0.3 is 0 Å². The summed E-state index contributed by atoms with van der Waals surface area (Å²) >= 11 is 0. The van der Waals surface area contributed by atoms with Crippen LogP contribution in [-0.2, 0) is 6.42 Å². The number of benzene rings is 2. The van der Waals surface area contributed by atoms with Gasteiger partial charge in [-0.2, -0.15) is 0 Å². The molecule has 0 spiro atoms. The van der Waals surface area contributed by atoms with Gasteiger partial charge in [0.2, 0.25) is 0 Å². The summed E-state index contributed by atoms with van der Waals surface area (Å²) in [5, 5.41) is 0. The van der Waals surface area contributed by atoms with E-state index in [0.717, 1.165) is 42.8 Å². The van der Waals surface area contributed by atoms with Crippen LogP contribution in [0.2, 0.25) is 0 Å². The molecule has 0 bridgehead atoms. The zero-order valence-corrected chi connectivity index (χ0v) is 15.6. The summed E-state index contributed by atoms with van der Waals surface area (Å²) in [5.74, 6) is 1.56. The summed E-state index contributed by atoms with van der Waals surface area (Å²) in [6.45, 7) is 1.69. The Kier molecular flexibility index (Phi) is 5.10. The van der Waals surface area contributed by atoms with Gasteiger partial charge in [-0.15, -0.1) is 0 Å². The molecule has 0 radical (unpaired) electrons. The first-order valence-corrected chi connectivity index (χ1v) is 9.54. The van der Waals surface area contributed by atoms with Crippen molar-refractivity contribution >= 4 is 17.0 Å². The van der Waals surface area contributed by atoms with Crippen LogP contribution in [0.4, 0.5) is 0 Å². The van der Waals surface area contributed by atoms with E-state index in [1.807, 2.05) is 47.4 Å². The number of oxazole rings is 1. The maximum Gasteiger partial charge on any atom is 0.253 e. The number of methoxy groups -OCH3 is 1. The van der Waals surface area contributed by atoms with Gasteiger partial charge in [0.1, 0.15) is 11.3 Å². The maximum absolute atomic E-state index is 12.8. The van der Waals surface area contributed by atoms with Crippen molar-refractivity contribution in [2.45, 2.75) is 32.1 Å². The number of nitrogens with zero attached hydrogens (tertiary/aromatic N) is 2. The van der Waals surface area contributed by atoms with E-state index in [1.165, 1.54) is 12.8 Å². The van der Waals surface area contributed by atoms with Gasteiger partial charge in [-0.05, 0) is 48.7 Å². The molecule has 1 saturated heterocycles. The van der Waals surface area contributed by atoms with Crippen molar-refractivity contribution in [1.82, 2.24) is 9.88 Å². The van der Waals surface area contributed by atoms with Crippen molar-refractivity contribution in [1.29, 1.82) is 0 Å². The van der Waals surface area contributed by atoms with Gasteiger partial charge in [0, 0.05) is 25.1 Å². The van der Waals surface area contributed by atoms with Crippen LogP contribution in [0.15, 0.2) is 46.9 Å². The molecular formula is C22H24N2O3. The van der Waals surface area contributed by atoms with Crippen molar-refractivity contribution in [3.63, 3.8) is 0 Å². The Morgan fingerprint density at radius 3 is 2.52 bits per heavy atom. The van der Waals surface area contributed by atoms with Crippen LogP contribution in [0.5, 0.6) is 5.75 Å². The number of hydrogen-bond donors (Lipinski definition) is 0. The van der Waals surface area contributed by atoms with Crippen molar-refractivity contribution in [3.05, 3.63) is 59.5 Å². The van der Waals surface area contributed by atoms with E-state index in [4.69, 9.17) is 9.15 Å². The SMILES string of the molecule is COc1ccc(Cc2nc3ccc(C(=O)N4CCCCCC4)cc3o2)cc1. The Labute approximate surface area is 158 Å². The molecule has 1 fully saturated rings. The summed E-state index contributed by atoms with van der Waals surface area (Å²) in [6.07, 6.45) is 5.19. The number of ether oxygens (including phenoxy) is 1. The number of amides is 1. The summed E-state index contributed by atoms with van der Waals surface area (Å²) < 4.78 is 11.1. The number of carbonyl (C=O) groups is 1. The van der Waals surface area contributed by atoms with Gasteiger partial charge in [-0.25, -0.2) is 4.98 Å².